The minimum absolute atomic E-state index is 0.346. The monoisotopic (exact) mass is 206 g/mol. The van der Waals surface area contributed by atoms with E-state index in [-0.39, 0.29) is 6.09 Å². The minimum Gasteiger partial charge on any atom is -0.410 e. The zero-order chi connectivity index (χ0) is 10.8. The Labute approximate surface area is 88.8 Å². The van der Waals surface area contributed by atoms with Crippen LogP contribution in [0.5, 0.6) is 5.75 Å². The smallest absolute Gasteiger partial charge is 0.410 e. The molecule has 0 bridgehead atoms. The molecule has 1 aliphatic rings. The molecule has 0 unspecified atom stereocenters. The van der Waals surface area contributed by atoms with Gasteiger partial charge in [0.05, 0.1) is 0 Å². The van der Waals surface area contributed by atoms with Gasteiger partial charge in [-0.3, -0.25) is 0 Å². The van der Waals surface area contributed by atoms with Gasteiger partial charge in [0.1, 0.15) is 5.75 Å². The van der Waals surface area contributed by atoms with Crippen LogP contribution in [0, 0.1) is 0 Å². The van der Waals surface area contributed by atoms with Gasteiger partial charge in [-0.1, -0.05) is 0 Å². The van der Waals surface area contributed by atoms with Crippen LogP contribution in [0.4, 0.5) is 10.5 Å². The molecule has 80 valence electrons. The van der Waals surface area contributed by atoms with Crippen LogP contribution in [0.15, 0.2) is 18.2 Å². The number of benzene rings is 1. The summed E-state index contributed by atoms with van der Waals surface area (Å²) >= 11 is 0. The van der Waals surface area contributed by atoms with Crippen LogP contribution in [-0.4, -0.2) is 31.6 Å². The summed E-state index contributed by atoms with van der Waals surface area (Å²) in [6.45, 7) is 0.959. The van der Waals surface area contributed by atoms with Crippen molar-refractivity contribution >= 4 is 11.8 Å². The molecule has 1 amide bonds. The number of carbonyl (C=O) groups excluding carboxylic acids is 1. The van der Waals surface area contributed by atoms with Crippen molar-refractivity contribution < 1.29 is 9.53 Å². The second-order valence-corrected chi connectivity index (χ2v) is 3.76. The molecule has 0 radical (unpaired) electrons. The van der Waals surface area contributed by atoms with E-state index in [0.29, 0.717) is 5.75 Å². The average Bonchev–Trinajstić information content (AvgIpc) is 2.64. The van der Waals surface area contributed by atoms with Crippen LogP contribution >= 0.6 is 0 Å². The number of hydrogen-bond acceptors (Lipinski definition) is 3. The summed E-state index contributed by atoms with van der Waals surface area (Å²) < 4.78 is 5.16. The largest absolute Gasteiger partial charge is 0.414 e. The maximum atomic E-state index is 11.3. The number of ether oxygens (including phenoxy) is 1. The first-order chi connectivity index (χ1) is 7.16. The molecule has 1 N–H and O–H groups in total. The summed E-state index contributed by atoms with van der Waals surface area (Å²) in [5.41, 5.74) is 2.35. The molecule has 1 heterocycles. The predicted molar refractivity (Wildman–Crippen MR) is 58.3 cm³/mol. The second-order valence-electron chi connectivity index (χ2n) is 3.76. The molecule has 2 rings (SSSR count). The maximum Gasteiger partial charge on any atom is 0.414 e. The molecule has 0 aromatic heterocycles. The SMILES string of the molecule is CN(C)C(=O)Oc1ccc2c(c1)CCN2. The van der Waals surface area contributed by atoms with E-state index in [1.165, 1.54) is 10.5 Å². The van der Waals surface area contributed by atoms with Crippen LogP contribution in [0.2, 0.25) is 0 Å². The van der Waals surface area contributed by atoms with Crippen molar-refractivity contribution in [1.82, 2.24) is 4.90 Å². The predicted octanol–water partition coefficient (Wildman–Crippen LogP) is 1.71. The number of nitrogens with one attached hydrogen (secondary N) is 1. The number of rotatable bonds is 1. The fraction of sp³-hybridized carbons (Fsp3) is 0.364. The van der Waals surface area contributed by atoms with Gasteiger partial charge in [-0.25, -0.2) is 4.79 Å². The highest BCUT2D eigenvalue weighted by atomic mass is 16.6. The third-order valence-electron chi connectivity index (χ3n) is 2.36. The fourth-order valence-corrected chi connectivity index (χ4v) is 1.54. The molecule has 0 saturated carbocycles. The van der Waals surface area contributed by atoms with Gasteiger partial charge in [0, 0.05) is 26.3 Å². The second kappa shape index (κ2) is 3.81. The van der Waals surface area contributed by atoms with Crippen molar-refractivity contribution in [2.24, 2.45) is 0 Å². The van der Waals surface area contributed by atoms with Crippen LogP contribution in [0.1, 0.15) is 5.56 Å². The van der Waals surface area contributed by atoms with Gasteiger partial charge in [0.15, 0.2) is 0 Å². The molecule has 1 aromatic carbocycles. The van der Waals surface area contributed by atoms with E-state index in [1.807, 2.05) is 12.1 Å². The molecular formula is C11H14N2O2. The van der Waals surface area contributed by atoms with E-state index in [1.54, 1.807) is 20.2 Å². The first kappa shape index (κ1) is 9.83. The maximum absolute atomic E-state index is 11.3. The molecule has 0 spiro atoms. The Balaban J connectivity index is 2.13. The highest BCUT2D eigenvalue weighted by Crippen LogP contribution is 2.26. The normalized spacial score (nSPS) is 12.9. The fourth-order valence-electron chi connectivity index (χ4n) is 1.54. The summed E-state index contributed by atoms with van der Waals surface area (Å²) in [7, 11) is 3.33. The Bertz CT molecular complexity index is 388. The molecule has 0 atom stereocenters. The lowest BCUT2D eigenvalue weighted by atomic mass is 10.1. The van der Waals surface area contributed by atoms with Crippen LogP contribution in [-0.2, 0) is 6.42 Å². The summed E-state index contributed by atoms with van der Waals surface area (Å²) in [6, 6.07) is 5.66. The van der Waals surface area contributed by atoms with Crippen molar-refractivity contribution in [2.45, 2.75) is 6.42 Å². The van der Waals surface area contributed by atoms with E-state index in [4.69, 9.17) is 4.74 Å². The van der Waals surface area contributed by atoms with Crippen molar-refractivity contribution in [3.8, 4) is 5.75 Å². The van der Waals surface area contributed by atoms with Crippen molar-refractivity contribution in [2.75, 3.05) is 26.0 Å². The lowest BCUT2D eigenvalue weighted by Gasteiger charge is -2.11. The summed E-state index contributed by atoms with van der Waals surface area (Å²) in [6.07, 6.45) is 0.642. The molecule has 4 nitrogen and oxygen atoms in total. The first-order valence-corrected chi connectivity index (χ1v) is 4.93. The van der Waals surface area contributed by atoms with Crippen LogP contribution in [0.25, 0.3) is 0 Å². The Hall–Kier alpha value is -1.71. The Morgan fingerprint density at radius 1 is 1.47 bits per heavy atom. The van der Waals surface area contributed by atoms with E-state index < -0.39 is 0 Å². The van der Waals surface area contributed by atoms with Crippen molar-refractivity contribution in [3.05, 3.63) is 23.8 Å². The van der Waals surface area contributed by atoms with E-state index in [2.05, 4.69) is 5.32 Å². The number of fused-ring (bicyclic) bond motifs is 1. The summed E-state index contributed by atoms with van der Waals surface area (Å²) in [5.74, 6) is 0.608. The van der Waals surface area contributed by atoms with E-state index >= 15 is 0 Å². The Kier molecular flexibility index (Phi) is 2.49. The molecule has 15 heavy (non-hydrogen) atoms. The van der Waals surface area contributed by atoms with Gasteiger partial charge < -0.3 is 15.0 Å². The zero-order valence-corrected chi connectivity index (χ0v) is 8.91. The highest BCUT2D eigenvalue weighted by molar-refractivity contribution is 5.70. The van der Waals surface area contributed by atoms with Crippen molar-refractivity contribution in [3.63, 3.8) is 0 Å². The van der Waals surface area contributed by atoms with Gasteiger partial charge in [-0.2, -0.15) is 0 Å². The Morgan fingerprint density at radius 2 is 2.27 bits per heavy atom. The van der Waals surface area contributed by atoms with Gasteiger partial charge in [-0.05, 0) is 30.2 Å². The molecule has 1 aromatic rings. The van der Waals surface area contributed by atoms with Crippen LogP contribution in [0.3, 0.4) is 0 Å². The topological polar surface area (TPSA) is 41.6 Å². The number of anilines is 1. The van der Waals surface area contributed by atoms with Crippen LogP contribution < -0.4 is 10.1 Å². The third-order valence-corrected chi connectivity index (χ3v) is 2.36. The van der Waals surface area contributed by atoms with E-state index in [9.17, 15) is 4.79 Å². The standard InChI is InChI=1S/C11H14N2O2/c1-13(2)11(14)15-9-3-4-10-8(7-9)5-6-12-10/h3-4,7,12H,5-6H2,1-2H3. The molecule has 1 aliphatic heterocycles. The minimum atomic E-state index is -0.346. The van der Waals surface area contributed by atoms with Gasteiger partial charge in [0.2, 0.25) is 0 Å². The third kappa shape index (κ3) is 2.03. The Morgan fingerprint density at radius 3 is 3.00 bits per heavy atom. The van der Waals surface area contributed by atoms with E-state index in [0.717, 1.165) is 18.7 Å². The quantitative estimate of drug-likeness (QED) is 0.760. The molecular weight excluding hydrogens is 192 g/mol. The molecule has 0 fully saturated rings. The van der Waals surface area contributed by atoms with Crippen molar-refractivity contribution in [1.29, 1.82) is 0 Å². The highest BCUT2D eigenvalue weighted by Gasteiger charge is 2.12. The zero-order valence-electron chi connectivity index (χ0n) is 8.91. The molecule has 0 saturated heterocycles. The molecule has 0 aliphatic carbocycles. The molecule has 4 heteroatoms. The first-order valence-electron chi connectivity index (χ1n) is 4.93. The van der Waals surface area contributed by atoms with Gasteiger partial charge in [0.25, 0.3) is 0 Å². The summed E-state index contributed by atoms with van der Waals surface area (Å²) in [4.78, 5) is 12.7. The summed E-state index contributed by atoms with van der Waals surface area (Å²) in [5, 5.41) is 3.25. The van der Waals surface area contributed by atoms with Gasteiger partial charge in [-0.15, -0.1) is 0 Å². The lowest BCUT2D eigenvalue weighted by molar-refractivity contribution is 0.172. The van der Waals surface area contributed by atoms with Gasteiger partial charge >= 0.3 is 6.09 Å². The number of nitrogens with zero attached hydrogens (tertiary/aromatic N) is 1. The number of amides is 1. The number of carbonyl (C=O) groups is 1. The number of hydrogen-bond donors (Lipinski definition) is 1. The average molecular weight is 206 g/mol. The lowest BCUT2D eigenvalue weighted by Crippen LogP contribution is -2.25.